The van der Waals surface area contributed by atoms with Crippen LogP contribution >= 0.6 is 11.3 Å². The standard InChI is InChI=1S/C25H32N4O2S/c1-18(2)27-24(30)26-15-6-16-29(20-11-12-20)17-19-9-13-21(14-10-19)31-25-28-22-7-4-3-5-8-23(22)32-25/h3-5,8-10,13-14,18,20H,6-7,11-12,15-17H2,1-2H3,(H2,26,27,30). The first-order valence-corrected chi connectivity index (χ1v) is 12.3. The maximum absolute atomic E-state index is 11.7. The second kappa shape index (κ2) is 10.8. The van der Waals surface area contributed by atoms with Crippen LogP contribution in [0.25, 0.3) is 6.08 Å². The Morgan fingerprint density at radius 3 is 2.81 bits per heavy atom. The molecule has 2 aliphatic carbocycles. The Bertz CT molecular complexity index is 961. The van der Waals surface area contributed by atoms with Crippen molar-refractivity contribution in [2.45, 2.75) is 58.2 Å². The largest absolute Gasteiger partial charge is 0.431 e. The van der Waals surface area contributed by atoms with E-state index in [1.54, 1.807) is 11.3 Å². The highest BCUT2D eigenvalue weighted by atomic mass is 32.1. The fourth-order valence-electron chi connectivity index (χ4n) is 3.69. The molecule has 1 aromatic carbocycles. The maximum atomic E-state index is 11.7. The summed E-state index contributed by atoms with van der Waals surface area (Å²) in [7, 11) is 0. The normalized spacial score (nSPS) is 15.0. The highest BCUT2D eigenvalue weighted by molar-refractivity contribution is 7.14. The first-order valence-electron chi connectivity index (χ1n) is 11.4. The van der Waals surface area contributed by atoms with Gasteiger partial charge < -0.3 is 15.4 Å². The highest BCUT2D eigenvalue weighted by Gasteiger charge is 2.28. The van der Waals surface area contributed by atoms with Gasteiger partial charge >= 0.3 is 6.03 Å². The summed E-state index contributed by atoms with van der Waals surface area (Å²) >= 11 is 1.58. The van der Waals surface area contributed by atoms with Crippen LogP contribution in [-0.4, -0.2) is 41.1 Å². The van der Waals surface area contributed by atoms with Gasteiger partial charge in [0.2, 0.25) is 0 Å². The topological polar surface area (TPSA) is 66.5 Å². The summed E-state index contributed by atoms with van der Waals surface area (Å²) in [5, 5.41) is 6.49. The Balaban J connectivity index is 1.26. The number of carbonyl (C=O) groups is 1. The number of thiazole rings is 1. The SMILES string of the molecule is CC(C)NC(=O)NCCCN(Cc1ccc(Oc2nc3c(s2)C=CC=CC3)cc1)C1CC1. The first-order chi connectivity index (χ1) is 15.6. The zero-order valence-corrected chi connectivity index (χ0v) is 19.7. The Hall–Kier alpha value is -2.64. The molecule has 1 aromatic heterocycles. The van der Waals surface area contributed by atoms with Gasteiger partial charge in [0.25, 0.3) is 5.19 Å². The van der Waals surface area contributed by atoms with E-state index in [1.165, 1.54) is 18.4 Å². The Morgan fingerprint density at radius 1 is 1.25 bits per heavy atom. The molecule has 1 saturated carbocycles. The molecule has 2 aromatic rings. The maximum Gasteiger partial charge on any atom is 0.314 e. The van der Waals surface area contributed by atoms with E-state index >= 15 is 0 Å². The molecule has 32 heavy (non-hydrogen) atoms. The second-order valence-corrected chi connectivity index (χ2v) is 9.63. The fourth-order valence-corrected chi connectivity index (χ4v) is 4.56. The number of urea groups is 1. The van der Waals surface area contributed by atoms with Crippen LogP contribution < -0.4 is 15.4 Å². The average Bonchev–Trinajstić information content (AvgIpc) is 3.56. The summed E-state index contributed by atoms with van der Waals surface area (Å²) in [4.78, 5) is 20.0. The van der Waals surface area contributed by atoms with Gasteiger partial charge in [-0.1, -0.05) is 41.7 Å². The number of nitrogens with one attached hydrogen (secondary N) is 2. The van der Waals surface area contributed by atoms with Crippen LogP contribution in [0.2, 0.25) is 0 Å². The summed E-state index contributed by atoms with van der Waals surface area (Å²) in [6.45, 7) is 6.52. The van der Waals surface area contributed by atoms with E-state index < -0.39 is 0 Å². The van der Waals surface area contributed by atoms with Crippen molar-refractivity contribution in [3.63, 3.8) is 0 Å². The second-order valence-electron chi connectivity index (χ2n) is 8.64. The molecular formula is C25H32N4O2S. The van der Waals surface area contributed by atoms with Gasteiger partial charge in [-0.15, -0.1) is 0 Å². The van der Waals surface area contributed by atoms with Crippen molar-refractivity contribution in [2.75, 3.05) is 13.1 Å². The van der Waals surface area contributed by atoms with Crippen LogP contribution in [-0.2, 0) is 13.0 Å². The third-order valence-electron chi connectivity index (χ3n) is 5.42. The van der Waals surface area contributed by atoms with Crippen LogP contribution in [0.1, 0.15) is 49.2 Å². The number of hydrogen-bond acceptors (Lipinski definition) is 5. The summed E-state index contributed by atoms with van der Waals surface area (Å²) in [6.07, 6.45) is 12.6. The van der Waals surface area contributed by atoms with E-state index in [9.17, 15) is 4.79 Å². The van der Waals surface area contributed by atoms with Crippen LogP contribution in [0.4, 0.5) is 4.79 Å². The molecule has 6 nitrogen and oxygen atoms in total. The minimum Gasteiger partial charge on any atom is -0.431 e. The molecule has 2 N–H and O–H groups in total. The number of rotatable bonds is 10. The minimum absolute atomic E-state index is 0.0855. The lowest BCUT2D eigenvalue weighted by molar-refractivity contribution is 0.233. The molecule has 4 rings (SSSR count). The smallest absolute Gasteiger partial charge is 0.314 e. The zero-order valence-electron chi connectivity index (χ0n) is 18.8. The number of benzene rings is 1. The number of allylic oxidation sites excluding steroid dienone is 3. The molecule has 0 unspecified atom stereocenters. The molecule has 1 heterocycles. The van der Waals surface area contributed by atoms with E-state index in [0.717, 1.165) is 42.3 Å². The molecular weight excluding hydrogens is 420 g/mol. The predicted molar refractivity (Wildman–Crippen MR) is 130 cm³/mol. The zero-order chi connectivity index (χ0) is 22.3. The quantitative estimate of drug-likeness (QED) is 0.491. The van der Waals surface area contributed by atoms with Crippen LogP contribution in [0, 0.1) is 0 Å². The van der Waals surface area contributed by atoms with Crippen molar-refractivity contribution in [2.24, 2.45) is 0 Å². The predicted octanol–water partition coefficient (Wildman–Crippen LogP) is 5.12. The molecule has 2 aliphatic rings. The van der Waals surface area contributed by atoms with Gasteiger partial charge in [-0.05, 0) is 56.9 Å². The lowest BCUT2D eigenvalue weighted by Crippen LogP contribution is -2.40. The fraction of sp³-hybridized carbons (Fsp3) is 0.440. The Labute approximate surface area is 194 Å². The summed E-state index contributed by atoms with van der Waals surface area (Å²) in [5.74, 6) is 0.815. The van der Waals surface area contributed by atoms with Crippen molar-refractivity contribution in [3.8, 4) is 10.9 Å². The Kier molecular flexibility index (Phi) is 7.60. The van der Waals surface area contributed by atoms with E-state index in [4.69, 9.17) is 4.74 Å². The molecule has 170 valence electrons. The van der Waals surface area contributed by atoms with E-state index in [-0.39, 0.29) is 12.1 Å². The molecule has 0 atom stereocenters. The van der Waals surface area contributed by atoms with Crippen LogP contribution in [0.15, 0.2) is 42.5 Å². The van der Waals surface area contributed by atoms with Crippen molar-refractivity contribution in [1.29, 1.82) is 0 Å². The van der Waals surface area contributed by atoms with Gasteiger partial charge in [-0.2, -0.15) is 0 Å². The van der Waals surface area contributed by atoms with Crippen LogP contribution in [0.3, 0.4) is 0 Å². The van der Waals surface area contributed by atoms with E-state index in [0.29, 0.717) is 17.8 Å². The molecule has 0 radical (unpaired) electrons. The van der Waals surface area contributed by atoms with Crippen molar-refractivity contribution in [3.05, 3.63) is 58.6 Å². The molecule has 0 spiro atoms. The molecule has 0 aliphatic heterocycles. The minimum atomic E-state index is -0.0855. The average molecular weight is 453 g/mol. The molecule has 2 amide bonds. The number of hydrogen-bond donors (Lipinski definition) is 2. The van der Waals surface area contributed by atoms with Gasteiger partial charge in [-0.3, -0.25) is 4.90 Å². The van der Waals surface area contributed by atoms with Gasteiger partial charge in [0.05, 0.1) is 10.6 Å². The van der Waals surface area contributed by atoms with Gasteiger partial charge in [0.15, 0.2) is 0 Å². The number of fused-ring (bicyclic) bond motifs is 1. The van der Waals surface area contributed by atoms with Gasteiger partial charge in [-0.25, -0.2) is 9.78 Å². The summed E-state index contributed by atoms with van der Waals surface area (Å²) in [5.41, 5.74) is 2.35. The lowest BCUT2D eigenvalue weighted by atomic mass is 10.2. The van der Waals surface area contributed by atoms with Crippen LogP contribution in [0.5, 0.6) is 10.9 Å². The number of amides is 2. The van der Waals surface area contributed by atoms with E-state index in [2.05, 4.69) is 50.9 Å². The van der Waals surface area contributed by atoms with Crippen molar-refractivity contribution in [1.82, 2.24) is 20.5 Å². The summed E-state index contributed by atoms with van der Waals surface area (Å²) in [6, 6.07) is 9.08. The van der Waals surface area contributed by atoms with Gasteiger partial charge in [0, 0.05) is 38.1 Å². The van der Waals surface area contributed by atoms with Gasteiger partial charge in [0.1, 0.15) is 5.75 Å². The Morgan fingerprint density at radius 2 is 2.06 bits per heavy atom. The van der Waals surface area contributed by atoms with Crippen molar-refractivity contribution < 1.29 is 9.53 Å². The number of ether oxygens (including phenoxy) is 1. The van der Waals surface area contributed by atoms with Crippen molar-refractivity contribution >= 4 is 23.4 Å². The monoisotopic (exact) mass is 452 g/mol. The molecule has 1 fully saturated rings. The third-order valence-corrected chi connectivity index (χ3v) is 6.36. The first kappa shape index (κ1) is 22.6. The van der Waals surface area contributed by atoms with E-state index in [1.807, 2.05) is 32.1 Å². The molecule has 0 bridgehead atoms. The number of nitrogens with zero attached hydrogens (tertiary/aromatic N) is 2. The summed E-state index contributed by atoms with van der Waals surface area (Å²) < 4.78 is 6.01. The molecule has 0 saturated heterocycles. The highest BCUT2D eigenvalue weighted by Crippen LogP contribution is 2.32. The number of aromatic nitrogens is 1. The third kappa shape index (κ3) is 6.68. The molecule has 7 heteroatoms. The lowest BCUT2D eigenvalue weighted by Gasteiger charge is -2.22. The number of carbonyl (C=O) groups excluding carboxylic acids is 1.